The Kier molecular flexibility index (Phi) is 6.15. The molecule has 3 rings (SSSR count). The fraction of sp³-hybridized carbons (Fsp3) is 0.182. The molecule has 0 fully saturated rings. The Balaban J connectivity index is 1.61. The molecular weight excluding hydrogens is 343 g/mol. The summed E-state index contributed by atoms with van der Waals surface area (Å²) in [7, 11) is 0. The van der Waals surface area contributed by atoms with Crippen molar-refractivity contribution >= 4 is 5.91 Å². The number of halogens is 1. The first-order valence-corrected chi connectivity index (χ1v) is 8.90. The number of hydrogen-bond acceptors (Lipinski definition) is 3. The number of nitrogens with zero attached hydrogens (tertiary/aromatic N) is 1. The van der Waals surface area contributed by atoms with E-state index in [4.69, 9.17) is 4.74 Å². The molecule has 0 saturated heterocycles. The van der Waals surface area contributed by atoms with Gasteiger partial charge in [-0.05, 0) is 48.4 Å². The zero-order valence-electron chi connectivity index (χ0n) is 15.1. The summed E-state index contributed by atoms with van der Waals surface area (Å²) in [4.78, 5) is 16.6. The Morgan fingerprint density at radius 1 is 1.11 bits per heavy atom. The van der Waals surface area contributed by atoms with Gasteiger partial charge in [-0.3, -0.25) is 9.78 Å². The Labute approximate surface area is 158 Å². The number of nitrogens with one attached hydrogen (secondary N) is 1. The maximum Gasteiger partial charge on any atom is 0.253 e. The number of aromatic nitrogens is 1. The van der Waals surface area contributed by atoms with Crippen molar-refractivity contribution in [2.75, 3.05) is 0 Å². The van der Waals surface area contributed by atoms with Gasteiger partial charge in [0.2, 0.25) is 0 Å². The van der Waals surface area contributed by atoms with E-state index in [1.807, 2.05) is 12.1 Å². The van der Waals surface area contributed by atoms with Crippen molar-refractivity contribution in [3.63, 3.8) is 0 Å². The molecule has 0 aliphatic rings. The summed E-state index contributed by atoms with van der Waals surface area (Å²) in [5.74, 6) is 0.0653. The van der Waals surface area contributed by atoms with Gasteiger partial charge in [0.05, 0.1) is 5.56 Å². The van der Waals surface area contributed by atoms with Gasteiger partial charge in [-0.25, -0.2) is 4.39 Å². The van der Waals surface area contributed by atoms with Gasteiger partial charge in [0.1, 0.15) is 5.75 Å². The van der Waals surface area contributed by atoms with Crippen molar-refractivity contribution in [2.24, 2.45) is 0 Å². The number of aryl methyl sites for hydroxylation is 1. The van der Waals surface area contributed by atoms with Gasteiger partial charge in [-0.2, -0.15) is 0 Å². The van der Waals surface area contributed by atoms with Crippen LogP contribution in [0.25, 0.3) is 0 Å². The largest absolute Gasteiger partial charge is 0.454 e. The maximum atomic E-state index is 13.7. The standard InChI is InChI=1S/C22H21FN2O2/c1-2-6-18-12-11-17(15-24-18)22(26)25-14-16-7-5-8-19(13-16)27-21-10-4-3-9-20(21)23/h3-5,7-13,15H,2,6,14H2,1H3,(H,25,26). The summed E-state index contributed by atoms with van der Waals surface area (Å²) < 4.78 is 19.3. The van der Waals surface area contributed by atoms with Crippen molar-refractivity contribution in [2.45, 2.75) is 26.3 Å². The SMILES string of the molecule is CCCc1ccc(C(=O)NCc2cccc(Oc3ccccc3F)c2)cn1. The number of carbonyl (C=O) groups excluding carboxylic acids is 1. The number of ether oxygens (including phenoxy) is 1. The van der Waals surface area contributed by atoms with Crippen molar-refractivity contribution in [3.05, 3.63) is 89.5 Å². The van der Waals surface area contributed by atoms with Crippen molar-refractivity contribution in [1.82, 2.24) is 10.3 Å². The van der Waals surface area contributed by atoms with Crippen LogP contribution in [0.5, 0.6) is 11.5 Å². The van der Waals surface area contributed by atoms with E-state index in [2.05, 4.69) is 17.2 Å². The second-order valence-electron chi connectivity index (χ2n) is 6.15. The van der Waals surface area contributed by atoms with Gasteiger partial charge >= 0.3 is 0 Å². The molecule has 2 aromatic carbocycles. The van der Waals surface area contributed by atoms with E-state index in [1.54, 1.807) is 48.7 Å². The summed E-state index contributed by atoms with van der Waals surface area (Å²) in [6.07, 6.45) is 3.51. The van der Waals surface area contributed by atoms with Crippen LogP contribution in [-0.4, -0.2) is 10.9 Å². The minimum absolute atomic E-state index is 0.164. The fourth-order valence-corrected chi connectivity index (χ4v) is 2.62. The van der Waals surface area contributed by atoms with Gasteiger partial charge in [-0.15, -0.1) is 0 Å². The van der Waals surface area contributed by atoms with Gasteiger partial charge in [0, 0.05) is 18.4 Å². The van der Waals surface area contributed by atoms with Crippen LogP contribution in [-0.2, 0) is 13.0 Å². The molecule has 5 heteroatoms. The fourth-order valence-electron chi connectivity index (χ4n) is 2.62. The Morgan fingerprint density at radius 2 is 1.96 bits per heavy atom. The Morgan fingerprint density at radius 3 is 2.70 bits per heavy atom. The number of amides is 1. The molecule has 1 heterocycles. The normalized spacial score (nSPS) is 10.4. The van der Waals surface area contributed by atoms with Crippen LogP contribution >= 0.6 is 0 Å². The number of rotatable bonds is 7. The van der Waals surface area contributed by atoms with Gasteiger partial charge in [0.25, 0.3) is 5.91 Å². The predicted molar refractivity (Wildman–Crippen MR) is 102 cm³/mol. The highest BCUT2D eigenvalue weighted by atomic mass is 19.1. The van der Waals surface area contributed by atoms with E-state index >= 15 is 0 Å². The molecule has 0 spiro atoms. The zero-order chi connectivity index (χ0) is 19.1. The molecular formula is C22H21FN2O2. The van der Waals surface area contributed by atoms with E-state index < -0.39 is 5.82 Å². The Hall–Kier alpha value is -3.21. The number of benzene rings is 2. The average Bonchev–Trinajstić information content (AvgIpc) is 2.69. The first kappa shape index (κ1) is 18.6. The third kappa shape index (κ3) is 5.14. The average molecular weight is 364 g/mol. The lowest BCUT2D eigenvalue weighted by atomic mass is 10.2. The second kappa shape index (κ2) is 8.94. The molecule has 1 aromatic heterocycles. The summed E-state index contributed by atoms with van der Waals surface area (Å²) in [6, 6.07) is 17.1. The first-order chi connectivity index (χ1) is 13.2. The van der Waals surface area contributed by atoms with Crippen molar-refractivity contribution < 1.29 is 13.9 Å². The predicted octanol–water partition coefficient (Wildman–Crippen LogP) is 4.90. The quantitative estimate of drug-likeness (QED) is 0.649. The summed E-state index contributed by atoms with van der Waals surface area (Å²) >= 11 is 0. The number of hydrogen-bond donors (Lipinski definition) is 1. The molecule has 0 aliphatic carbocycles. The zero-order valence-corrected chi connectivity index (χ0v) is 15.1. The third-order valence-corrected chi connectivity index (χ3v) is 4.01. The molecule has 0 aliphatic heterocycles. The van der Waals surface area contributed by atoms with E-state index in [-0.39, 0.29) is 11.7 Å². The van der Waals surface area contributed by atoms with Gasteiger partial charge in [-0.1, -0.05) is 37.6 Å². The Bertz CT molecular complexity index is 910. The molecule has 138 valence electrons. The first-order valence-electron chi connectivity index (χ1n) is 8.90. The van der Waals surface area contributed by atoms with E-state index in [1.165, 1.54) is 6.07 Å². The molecule has 0 radical (unpaired) electrons. The van der Waals surface area contributed by atoms with Crippen LogP contribution in [0.2, 0.25) is 0 Å². The number of pyridine rings is 1. The van der Waals surface area contributed by atoms with Crippen LogP contribution < -0.4 is 10.1 Å². The summed E-state index contributed by atoms with van der Waals surface area (Å²) in [5.41, 5.74) is 2.36. The molecule has 3 aromatic rings. The minimum Gasteiger partial charge on any atom is -0.454 e. The van der Waals surface area contributed by atoms with Crippen LogP contribution in [0, 0.1) is 5.82 Å². The van der Waals surface area contributed by atoms with Crippen LogP contribution in [0.3, 0.4) is 0 Å². The summed E-state index contributed by atoms with van der Waals surface area (Å²) in [5, 5.41) is 2.86. The lowest BCUT2D eigenvalue weighted by Crippen LogP contribution is -2.23. The highest BCUT2D eigenvalue weighted by molar-refractivity contribution is 5.93. The summed E-state index contributed by atoms with van der Waals surface area (Å²) in [6.45, 7) is 2.43. The highest BCUT2D eigenvalue weighted by Crippen LogP contribution is 2.24. The molecule has 1 N–H and O–H groups in total. The molecule has 1 amide bonds. The van der Waals surface area contributed by atoms with Crippen molar-refractivity contribution in [1.29, 1.82) is 0 Å². The van der Waals surface area contributed by atoms with E-state index in [0.29, 0.717) is 17.9 Å². The van der Waals surface area contributed by atoms with Crippen LogP contribution in [0.15, 0.2) is 66.9 Å². The maximum absolute atomic E-state index is 13.7. The van der Waals surface area contributed by atoms with Crippen LogP contribution in [0.4, 0.5) is 4.39 Å². The van der Waals surface area contributed by atoms with Gasteiger partial charge in [0.15, 0.2) is 11.6 Å². The molecule has 27 heavy (non-hydrogen) atoms. The van der Waals surface area contributed by atoms with Gasteiger partial charge < -0.3 is 10.1 Å². The monoisotopic (exact) mass is 364 g/mol. The molecule has 4 nitrogen and oxygen atoms in total. The molecule has 0 unspecified atom stereocenters. The van der Waals surface area contributed by atoms with Crippen molar-refractivity contribution in [3.8, 4) is 11.5 Å². The third-order valence-electron chi connectivity index (χ3n) is 4.01. The minimum atomic E-state index is -0.421. The topological polar surface area (TPSA) is 51.2 Å². The number of carbonyl (C=O) groups is 1. The molecule has 0 atom stereocenters. The second-order valence-corrected chi connectivity index (χ2v) is 6.15. The lowest BCUT2D eigenvalue weighted by molar-refractivity contribution is 0.0950. The van der Waals surface area contributed by atoms with Crippen LogP contribution in [0.1, 0.15) is 35.0 Å². The highest BCUT2D eigenvalue weighted by Gasteiger charge is 2.08. The van der Waals surface area contributed by atoms with E-state index in [0.717, 1.165) is 24.1 Å². The smallest absolute Gasteiger partial charge is 0.253 e. The molecule has 0 saturated carbocycles. The number of para-hydroxylation sites is 1. The molecule has 0 bridgehead atoms. The lowest BCUT2D eigenvalue weighted by Gasteiger charge is -2.09. The van der Waals surface area contributed by atoms with E-state index in [9.17, 15) is 9.18 Å².